The van der Waals surface area contributed by atoms with Crippen molar-refractivity contribution in [2.75, 3.05) is 6.54 Å². The van der Waals surface area contributed by atoms with E-state index in [0.717, 1.165) is 35.6 Å². The number of hydrogen-bond donors (Lipinski definition) is 1. The lowest BCUT2D eigenvalue weighted by Gasteiger charge is -2.17. The molecule has 0 aliphatic carbocycles. The van der Waals surface area contributed by atoms with Crippen molar-refractivity contribution >= 4 is 0 Å². The number of aromatic nitrogens is 3. The van der Waals surface area contributed by atoms with Crippen LogP contribution in [0.3, 0.4) is 0 Å². The molecule has 1 atom stereocenters. The van der Waals surface area contributed by atoms with Crippen molar-refractivity contribution in [2.24, 2.45) is 0 Å². The smallest absolute Gasteiger partial charge is 0.149 e. The lowest BCUT2D eigenvalue weighted by Crippen LogP contribution is -2.25. The Bertz CT molecular complexity index is 459. The molecule has 4 nitrogen and oxygen atoms in total. The molecule has 2 aromatic rings. The molecule has 2 rings (SSSR count). The van der Waals surface area contributed by atoms with Gasteiger partial charge >= 0.3 is 0 Å². The van der Waals surface area contributed by atoms with E-state index >= 15 is 0 Å². The number of nitrogens with zero attached hydrogens (tertiary/aromatic N) is 3. The van der Waals surface area contributed by atoms with Gasteiger partial charge < -0.3 is 5.32 Å². The third-order valence-corrected chi connectivity index (χ3v) is 2.93. The molecule has 0 saturated heterocycles. The summed E-state index contributed by atoms with van der Waals surface area (Å²) in [6.45, 7) is 7.05. The summed E-state index contributed by atoms with van der Waals surface area (Å²) in [5.41, 5.74) is 3.19. The van der Waals surface area contributed by atoms with Crippen LogP contribution in [0.15, 0.2) is 30.7 Å². The van der Waals surface area contributed by atoms with Gasteiger partial charge in [-0.25, -0.2) is 9.97 Å². The van der Waals surface area contributed by atoms with Crippen LogP contribution in [-0.2, 0) is 0 Å². The van der Waals surface area contributed by atoms with Crippen molar-refractivity contribution in [3.63, 3.8) is 0 Å². The van der Waals surface area contributed by atoms with Crippen LogP contribution >= 0.6 is 0 Å². The highest BCUT2D eigenvalue weighted by Crippen LogP contribution is 2.18. The Morgan fingerprint density at radius 2 is 1.79 bits per heavy atom. The average Bonchev–Trinajstić information content (AvgIpc) is 2.43. The second-order valence-corrected chi connectivity index (χ2v) is 4.74. The van der Waals surface area contributed by atoms with Crippen molar-refractivity contribution in [1.29, 1.82) is 0 Å². The van der Waals surface area contributed by atoms with E-state index < -0.39 is 0 Å². The topological polar surface area (TPSA) is 50.7 Å². The summed E-state index contributed by atoms with van der Waals surface area (Å²) in [5, 5.41) is 3.48. The molecule has 0 saturated carbocycles. The van der Waals surface area contributed by atoms with Gasteiger partial charge in [0.15, 0.2) is 0 Å². The summed E-state index contributed by atoms with van der Waals surface area (Å²) in [4.78, 5) is 13.2. The fraction of sp³-hybridized carbons (Fsp3) is 0.400. The quantitative estimate of drug-likeness (QED) is 0.893. The van der Waals surface area contributed by atoms with Crippen molar-refractivity contribution in [1.82, 2.24) is 20.3 Å². The number of pyridine rings is 1. The van der Waals surface area contributed by atoms with Crippen molar-refractivity contribution in [2.45, 2.75) is 33.2 Å². The van der Waals surface area contributed by atoms with Gasteiger partial charge in [-0.3, -0.25) is 4.98 Å². The van der Waals surface area contributed by atoms with Crippen molar-refractivity contribution < 1.29 is 0 Å². The highest BCUT2D eigenvalue weighted by atomic mass is 15.0. The SMILES string of the molecule is CCCNC(c1ccc(C)nc1)c1ncc(C)cn1. The second-order valence-electron chi connectivity index (χ2n) is 4.74. The van der Waals surface area contributed by atoms with Crippen molar-refractivity contribution in [3.8, 4) is 0 Å². The summed E-state index contributed by atoms with van der Waals surface area (Å²) >= 11 is 0. The van der Waals surface area contributed by atoms with Gasteiger partial charge in [-0.2, -0.15) is 0 Å². The molecule has 0 amide bonds. The molecule has 2 aromatic heterocycles. The van der Waals surface area contributed by atoms with Gasteiger partial charge in [0.05, 0.1) is 6.04 Å². The molecule has 1 N–H and O–H groups in total. The van der Waals surface area contributed by atoms with E-state index in [2.05, 4.69) is 33.3 Å². The Kier molecular flexibility index (Phi) is 4.58. The van der Waals surface area contributed by atoms with Gasteiger partial charge in [-0.05, 0) is 44.0 Å². The summed E-state index contributed by atoms with van der Waals surface area (Å²) in [7, 11) is 0. The van der Waals surface area contributed by atoms with E-state index in [1.165, 1.54) is 0 Å². The zero-order valence-electron chi connectivity index (χ0n) is 11.7. The summed E-state index contributed by atoms with van der Waals surface area (Å²) < 4.78 is 0. The lowest BCUT2D eigenvalue weighted by atomic mass is 10.1. The molecule has 0 radical (unpaired) electrons. The highest BCUT2D eigenvalue weighted by Gasteiger charge is 2.16. The number of rotatable bonds is 5. The van der Waals surface area contributed by atoms with Crippen LogP contribution in [0.2, 0.25) is 0 Å². The maximum atomic E-state index is 4.43. The Hall–Kier alpha value is -1.81. The number of aryl methyl sites for hydroxylation is 2. The third kappa shape index (κ3) is 3.58. The summed E-state index contributed by atoms with van der Waals surface area (Å²) in [6, 6.07) is 4.11. The van der Waals surface area contributed by atoms with Crippen molar-refractivity contribution in [3.05, 3.63) is 53.4 Å². The van der Waals surface area contributed by atoms with Crippen LogP contribution < -0.4 is 5.32 Å². The molecule has 19 heavy (non-hydrogen) atoms. The van der Waals surface area contributed by atoms with E-state index in [4.69, 9.17) is 0 Å². The zero-order valence-corrected chi connectivity index (χ0v) is 11.7. The maximum absolute atomic E-state index is 4.43. The van der Waals surface area contributed by atoms with Crippen LogP contribution in [0.4, 0.5) is 0 Å². The number of nitrogens with one attached hydrogen (secondary N) is 1. The van der Waals surface area contributed by atoms with Gasteiger partial charge in [0.25, 0.3) is 0 Å². The normalized spacial score (nSPS) is 12.4. The van der Waals surface area contributed by atoms with Gasteiger partial charge in [0, 0.05) is 24.3 Å². The van der Waals surface area contributed by atoms with Gasteiger partial charge in [-0.1, -0.05) is 13.0 Å². The second kappa shape index (κ2) is 6.38. The molecule has 2 heterocycles. The molecule has 0 bridgehead atoms. The fourth-order valence-corrected chi connectivity index (χ4v) is 1.85. The molecular formula is C15H20N4. The highest BCUT2D eigenvalue weighted by molar-refractivity contribution is 5.23. The summed E-state index contributed by atoms with van der Waals surface area (Å²) in [6.07, 6.45) is 6.67. The first-order valence-corrected chi connectivity index (χ1v) is 6.65. The molecule has 1 unspecified atom stereocenters. The first kappa shape index (κ1) is 13.6. The Morgan fingerprint density at radius 1 is 1.05 bits per heavy atom. The first-order valence-electron chi connectivity index (χ1n) is 6.65. The van der Waals surface area contributed by atoms with Crippen LogP contribution in [0.25, 0.3) is 0 Å². The summed E-state index contributed by atoms with van der Waals surface area (Å²) in [5.74, 6) is 0.796. The Balaban J connectivity index is 2.29. The fourth-order valence-electron chi connectivity index (χ4n) is 1.85. The zero-order chi connectivity index (χ0) is 13.7. The predicted octanol–water partition coefficient (Wildman–Crippen LogP) is 2.58. The third-order valence-electron chi connectivity index (χ3n) is 2.93. The van der Waals surface area contributed by atoms with Gasteiger partial charge in [-0.15, -0.1) is 0 Å². The van der Waals surface area contributed by atoms with Crippen LogP contribution in [-0.4, -0.2) is 21.5 Å². The minimum Gasteiger partial charge on any atom is -0.304 e. The standard InChI is InChI=1S/C15H20N4/c1-4-7-16-14(13-6-5-12(3)17-10-13)15-18-8-11(2)9-19-15/h5-6,8-10,14,16H,4,7H2,1-3H3. The molecule has 0 aliphatic rings. The molecular weight excluding hydrogens is 236 g/mol. The van der Waals surface area contributed by atoms with Gasteiger partial charge in [0.2, 0.25) is 0 Å². The lowest BCUT2D eigenvalue weighted by molar-refractivity contribution is 0.569. The van der Waals surface area contributed by atoms with E-state index in [9.17, 15) is 0 Å². The van der Waals surface area contributed by atoms with Crippen LogP contribution in [0, 0.1) is 13.8 Å². The average molecular weight is 256 g/mol. The van der Waals surface area contributed by atoms with E-state index in [0.29, 0.717) is 0 Å². The Morgan fingerprint density at radius 3 is 2.37 bits per heavy atom. The maximum Gasteiger partial charge on any atom is 0.149 e. The van der Waals surface area contributed by atoms with Crippen LogP contribution in [0.5, 0.6) is 0 Å². The van der Waals surface area contributed by atoms with Crippen LogP contribution in [0.1, 0.15) is 42.0 Å². The van der Waals surface area contributed by atoms with E-state index in [1.807, 2.05) is 38.5 Å². The predicted molar refractivity (Wildman–Crippen MR) is 75.9 cm³/mol. The number of hydrogen-bond acceptors (Lipinski definition) is 4. The molecule has 0 fully saturated rings. The minimum atomic E-state index is 0.00801. The first-order chi connectivity index (χ1) is 9.20. The van der Waals surface area contributed by atoms with E-state index in [1.54, 1.807) is 0 Å². The molecule has 0 spiro atoms. The molecule has 4 heteroatoms. The molecule has 0 aromatic carbocycles. The largest absolute Gasteiger partial charge is 0.304 e. The van der Waals surface area contributed by atoms with Gasteiger partial charge in [0.1, 0.15) is 5.82 Å². The molecule has 100 valence electrons. The molecule has 0 aliphatic heterocycles. The minimum absolute atomic E-state index is 0.00801. The van der Waals surface area contributed by atoms with E-state index in [-0.39, 0.29) is 6.04 Å². The Labute approximate surface area is 114 Å². The monoisotopic (exact) mass is 256 g/mol.